The van der Waals surface area contributed by atoms with E-state index < -0.39 is 0 Å². The zero-order valence-corrected chi connectivity index (χ0v) is 14.4. The van der Waals surface area contributed by atoms with Crippen molar-refractivity contribution >= 4 is 0 Å². The van der Waals surface area contributed by atoms with Crippen LogP contribution >= 0.6 is 0 Å². The summed E-state index contributed by atoms with van der Waals surface area (Å²) in [6.07, 6.45) is 0. The smallest absolute Gasteiger partial charge is 0.0278 e. The van der Waals surface area contributed by atoms with Crippen molar-refractivity contribution in [3.8, 4) is 0 Å². The molecule has 2 rings (SSSR count). The summed E-state index contributed by atoms with van der Waals surface area (Å²) in [6.45, 7) is 15.8. The van der Waals surface area contributed by atoms with Gasteiger partial charge in [0, 0.05) is 44.8 Å². The van der Waals surface area contributed by atoms with Crippen molar-refractivity contribution in [2.75, 3.05) is 39.8 Å². The Kier molecular flexibility index (Phi) is 5.42. The number of aryl methyl sites for hydroxylation is 2. The molecule has 0 atom stereocenters. The average Bonchev–Trinajstić information content (AvgIpc) is 2.42. The van der Waals surface area contributed by atoms with E-state index in [1.54, 1.807) is 0 Å². The largest absolute Gasteiger partial charge is 0.311 e. The highest BCUT2D eigenvalue weighted by molar-refractivity contribution is 5.33. The Hall–Kier alpha value is -0.900. The Morgan fingerprint density at radius 1 is 1.05 bits per heavy atom. The minimum atomic E-state index is 0.220. The first-order valence-electron chi connectivity index (χ1n) is 8.09. The van der Waals surface area contributed by atoms with E-state index in [2.05, 4.69) is 68.1 Å². The van der Waals surface area contributed by atoms with Crippen molar-refractivity contribution in [2.24, 2.45) is 0 Å². The summed E-state index contributed by atoms with van der Waals surface area (Å²) < 4.78 is 0. The predicted molar refractivity (Wildman–Crippen MR) is 90.8 cm³/mol. The van der Waals surface area contributed by atoms with Crippen LogP contribution in [0.25, 0.3) is 0 Å². The molecular formula is C18H31N3. The minimum Gasteiger partial charge on any atom is -0.311 e. The highest BCUT2D eigenvalue weighted by Gasteiger charge is 2.28. The lowest BCUT2D eigenvalue weighted by Crippen LogP contribution is -2.57. The first-order chi connectivity index (χ1) is 9.90. The zero-order valence-electron chi connectivity index (χ0n) is 14.4. The maximum absolute atomic E-state index is 3.68. The van der Waals surface area contributed by atoms with Crippen molar-refractivity contribution in [3.05, 3.63) is 34.9 Å². The van der Waals surface area contributed by atoms with E-state index in [0.29, 0.717) is 0 Å². The quantitative estimate of drug-likeness (QED) is 0.898. The summed E-state index contributed by atoms with van der Waals surface area (Å²) in [4.78, 5) is 5.03. The third-order valence-electron chi connectivity index (χ3n) is 4.86. The second-order valence-electron chi connectivity index (χ2n) is 7.08. The van der Waals surface area contributed by atoms with Crippen molar-refractivity contribution < 1.29 is 0 Å². The Morgan fingerprint density at radius 3 is 2.19 bits per heavy atom. The molecule has 0 aliphatic carbocycles. The van der Waals surface area contributed by atoms with Crippen LogP contribution < -0.4 is 5.32 Å². The highest BCUT2D eigenvalue weighted by Crippen LogP contribution is 2.17. The van der Waals surface area contributed by atoms with Gasteiger partial charge in [-0.05, 0) is 51.4 Å². The summed E-state index contributed by atoms with van der Waals surface area (Å²) >= 11 is 0. The van der Waals surface area contributed by atoms with E-state index in [-0.39, 0.29) is 5.54 Å². The van der Waals surface area contributed by atoms with Crippen LogP contribution in [0.15, 0.2) is 18.2 Å². The van der Waals surface area contributed by atoms with E-state index in [1.807, 2.05) is 0 Å². The monoisotopic (exact) mass is 289 g/mol. The van der Waals surface area contributed by atoms with E-state index in [0.717, 1.165) is 13.1 Å². The summed E-state index contributed by atoms with van der Waals surface area (Å²) in [5, 5.41) is 3.68. The molecular weight excluding hydrogens is 258 g/mol. The first-order valence-corrected chi connectivity index (χ1v) is 8.09. The molecule has 0 aromatic heterocycles. The molecule has 1 aromatic carbocycles. The van der Waals surface area contributed by atoms with Crippen molar-refractivity contribution in [2.45, 2.75) is 39.8 Å². The van der Waals surface area contributed by atoms with Gasteiger partial charge in [-0.25, -0.2) is 0 Å². The minimum absolute atomic E-state index is 0.220. The number of hydrogen-bond acceptors (Lipinski definition) is 3. The van der Waals surface area contributed by atoms with Crippen LogP contribution in [0.4, 0.5) is 0 Å². The van der Waals surface area contributed by atoms with Gasteiger partial charge in [-0.1, -0.05) is 18.2 Å². The summed E-state index contributed by atoms with van der Waals surface area (Å²) in [7, 11) is 2.21. The maximum atomic E-state index is 3.68. The molecule has 1 fully saturated rings. The van der Waals surface area contributed by atoms with Gasteiger partial charge in [-0.3, -0.25) is 4.90 Å². The normalized spacial score (nSPS) is 18.1. The number of nitrogens with zero attached hydrogens (tertiary/aromatic N) is 2. The van der Waals surface area contributed by atoms with Gasteiger partial charge in [0.2, 0.25) is 0 Å². The second-order valence-corrected chi connectivity index (χ2v) is 7.08. The van der Waals surface area contributed by atoms with E-state index >= 15 is 0 Å². The molecule has 1 saturated heterocycles. The molecule has 1 N–H and O–H groups in total. The summed E-state index contributed by atoms with van der Waals surface area (Å²) in [5.41, 5.74) is 4.45. The Morgan fingerprint density at radius 2 is 1.62 bits per heavy atom. The molecule has 1 aliphatic heterocycles. The van der Waals surface area contributed by atoms with Crippen molar-refractivity contribution in [3.63, 3.8) is 0 Å². The molecule has 0 unspecified atom stereocenters. The number of nitrogens with one attached hydrogen (secondary N) is 1. The second kappa shape index (κ2) is 6.91. The topological polar surface area (TPSA) is 18.5 Å². The van der Waals surface area contributed by atoms with Crippen LogP contribution in [0.3, 0.4) is 0 Å². The van der Waals surface area contributed by atoms with E-state index in [9.17, 15) is 0 Å². The lowest BCUT2D eigenvalue weighted by atomic mass is 10.00. The van der Waals surface area contributed by atoms with Crippen LogP contribution in [-0.4, -0.2) is 55.1 Å². The molecule has 118 valence electrons. The van der Waals surface area contributed by atoms with Gasteiger partial charge >= 0.3 is 0 Å². The van der Waals surface area contributed by atoms with Gasteiger partial charge < -0.3 is 10.2 Å². The van der Waals surface area contributed by atoms with Crippen LogP contribution in [0, 0.1) is 13.8 Å². The molecule has 0 saturated carbocycles. The van der Waals surface area contributed by atoms with Crippen molar-refractivity contribution in [1.29, 1.82) is 0 Å². The number of rotatable bonds is 5. The Bertz CT molecular complexity index is 439. The molecule has 0 amide bonds. The molecule has 21 heavy (non-hydrogen) atoms. The van der Waals surface area contributed by atoms with Crippen LogP contribution in [-0.2, 0) is 6.54 Å². The molecule has 1 heterocycles. The van der Waals surface area contributed by atoms with Gasteiger partial charge in [0.15, 0.2) is 0 Å². The predicted octanol–water partition coefficient (Wildman–Crippen LogP) is 2.42. The molecule has 0 radical (unpaired) electrons. The number of hydrogen-bond donors (Lipinski definition) is 1. The number of benzene rings is 1. The van der Waals surface area contributed by atoms with Gasteiger partial charge in [-0.2, -0.15) is 0 Å². The fraction of sp³-hybridized carbons (Fsp3) is 0.667. The van der Waals surface area contributed by atoms with Gasteiger partial charge in [0.05, 0.1) is 0 Å². The first kappa shape index (κ1) is 16.5. The maximum Gasteiger partial charge on any atom is 0.0278 e. The average molecular weight is 289 g/mol. The van der Waals surface area contributed by atoms with Crippen molar-refractivity contribution in [1.82, 2.24) is 15.1 Å². The number of likely N-dealkylation sites (N-methyl/N-ethyl adjacent to an activating group) is 1. The third-order valence-corrected chi connectivity index (χ3v) is 4.86. The fourth-order valence-corrected chi connectivity index (χ4v) is 3.14. The van der Waals surface area contributed by atoms with Gasteiger partial charge in [-0.15, -0.1) is 0 Å². The molecule has 1 aromatic rings. The number of piperazine rings is 1. The molecule has 0 bridgehead atoms. The van der Waals surface area contributed by atoms with Gasteiger partial charge in [0.1, 0.15) is 0 Å². The van der Waals surface area contributed by atoms with Crippen LogP contribution in [0.1, 0.15) is 30.5 Å². The van der Waals surface area contributed by atoms with Crippen LogP contribution in [0.2, 0.25) is 0 Å². The SMILES string of the molecule is Cc1cccc(C)c1CNCC(C)(C)N1CCN(C)CC1. The lowest BCUT2D eigenvalue weighted by molar-refractivity contribution is 0.0618. The highest BCUT2D eigenvalue weighted by atomic mass is 15.3. The lowest BCUT2D eigenvalue weighted by Gasteiger charge is -2.43. The zero-order chi connectivity index (χ0) is 15.5. The summed E-state index contributed by atoms with van der Waals surface area (Å²) in [6, 6.07) is 6.55. The Balaban J connectivity index is 1.87. The molecule has 1 aliphatic rings. The van der Waals surface area contributed by atoms with Crippen LogP contribution in [0.5, 0.6) is 0 Å². The fourth-order valence-electron chi connectivity index (χ4n) is 3.14. The Labute approximate surface area is 130 Å². The molecule has 0 spiro atoms. The van der Waals surface area contributed by atoms with Gasteiger partial charge in [0.25, 0.3) is 0 Å². The molecule has 3 nitrogen and oxygen atoms in total. The summed E-state index contributed by atoms with van der Waals surface area (Å²) in [5.74, 6) is 0. The van der Waals surface area contributed by atoms with E-state index in [1.165, 1.54) is 42.9 Å². The standard InChI is InChI=1S/C18H31N3/c1-15-7-6-8-16(2)17(15)13-19-14-18(3,4)21-11-9-20(5)10-12-21/h6-8,19H,9-14H2,1-5H3. The van der Waals surface area contributed by atoms with E-state index in [4.69, 9.17) is 0 Å². The third kappa shape index (κ3) is 4.29. The molecule has 3 heteroatoms.